The van der Waals surface area contributed by atoms with Gasteiger partial charge in [0.15, 0.2) is 0 Å². The molecule has 0 nitrogen and oxygen atoms in total. The number of hydrogen-bond acceptors (Lipinski definition) is 2. The molecule has 2 aromatic rings. The van der Waals surface area contributed by atoms with E-state index in [2.05, 4.69) is 54.9 Å². The van der Waals surface area contributed by atoms with Crippen LogP contribution >= 0.6 is 38.6 Å². The average molecular weight is 301 g/mol. The molecule has 0 radical (unpaired) electrons. The number of alkyl halides is 1. The fourth-order valence-corrected chi connectivity index (χ4v) is 4.54. The maximum absolute atomic E-state index is 3.79. The highest BCUT2D eigenvalue weighted by atomic mass is 79.9. The van der Waals surface area contributed by atoms with Gasteiger partial charge in [-0.2, -0.15) is 0 Å². The third-order valence-electron chi connectivity index (χ3n) is 2.36. The molecule has 2 heterocycles. The Hall–Kier alpha value is -0.120. The summed E-state index contributed by atoms with van der Waals surface area (Å²) in [6.45, 7) is 6.52. The molecule has 0 saturated carbocycles. The van der Waals surface area contributed by atoms with Gasteiger partial charge in [-0.1, -0.05) is 15.9 Å². The molecule has 0 saturated heterocycles. The van der Waals surface area contributed by atoms with Gasteiger partial charge in [0.1, 0.15) is 0 Å². The molecule has 0 bridgehead atoms. The van der Waals surface area contributed by atoms with Crippen molar-refractivity contribution in [2.24, 2.45) is 0 Å². The molecule has 0 aliphatic heterocycles. The zero-order valence-corrected chi connectivity index (χ0v) is 12.2. The number of halogens is 1. The first-order valence-corrected chi connectivity index (χ1v) is 7.40. The van der Waals surface area contributed by atoms with Gasteiger partial charge in [0, 0.05) is 19.5 Å². The summed E-state index contributed by atoms with van der Waals surface area (Å²) < 4.78 is 0. The Labute approximate surface area is 107 Å². The smallest absolute Gasteiger partial charge is 0.0748 e. The van der Waals surface area contributed by atoms with Crippen molar-refractivity contribution in [3.63, 3.8) is 0 Å². The van der Waals surface area contributed by atoms with Gasteiger partial charge < -0.3 is 0 Å². The van der Waals surface area contributed by atoms with Crippen molar-refractivity contribution in [2.75, 3.05) is 0 Å². The van der Waals surface area contributed by atoms with E-state index >= 15 is 0 Å². The molecule has 1 atom stereocenters. The van der Waals surface area contributed by atoms with Crippen LogP contribution in [0.1, 0.15) is 29.9 Å². The second-order valence-electron chi connectivity index (χ2n) is 3.68. The summed E-state index contributed by atoms with van der Waals surface area (Å²) in [5.41, 5.74) is 1.42. The van der Waals surface area contributed by atoms with Crippen LogP contribution in [-0.2, 0) is 0 Å². The van der Waals surface area contributed by atoms with E-state index in [-0.39, 0.29) is 0 Å². The quantitative estimate of drug-likeness (QED) is 0.667. The van der Waals surface area contributed by atoms with Crippen molar-refractivity contribution >= 4 is 38.6 Å². The molecule has 2 rings (SSSR count). The molecule has 0 spiro atoms. The maximum Gasteiger partial charge on any atom is 0.0748 e. The highest BCUT2D eigenvalue weighted by Gasteiger charge is 2.16. The number of aryl methyl sites for hydroxylation is 3. The van der Waals surface area contributed by atoms with Crippen LogP contribution in [0.25, 0.3) is 0 Å². The summed E-state index contributed by atoms with van der Waals surface area (Å²) in [4.78, 5) is 5.94. The van der Waals surface area contributed by atoms with Gasteiger partial charge in [-0.25, -0.2) is 0 Å². The van der Waals surface area contributed by atoms with Crippen LogP contribution in [0.15, 0.2) is 18.2 Å². The first-order chi connectivity index (χ1) is 7.08. The zero-order chi connectivity index (χ0) is 11.0. The fraction of sp³-hybridized carbons (Fsp3) is 0.333. The van der Waals surface area contributed by atoms with Gasteiger partial charge in [-0.15, -0.1) is 22.7 Å². The Balaban J connectivity index is 2.35. The third kappa shape index (κ3) is 2.35. The average Bonchev–Trinajstić information content (AvgIpc) is 2.71. The monoisotopic (exact) mass is 300 g/mol. The summed E-state index contributed by atoms with van der Waals surface area (Å²) in [6, 6.07) is 6.68. The highest BCUT2D eigenvalue weighted by molar-refractivity contribution is 9.09. The Morgan fingerprint density at radius 2 is 1.80 bits per heavy atom. The van der Waals surface area contributed by atoms with Crippen molar-refractivity contribution in [1.82, 2.24) is 0 Å². The SMILES string of the molecule is Cc1ccc(C(Br)c2cc(C)sc2C)s1. The molecule has 0 N–H and O–H groups in total. The van der Waals surface area contributed by atoms with E-state index < -0.39 is 0 Å². The van der Waals surface area contributed by atoms with Gasteiger partial charge in [0.2, 0.25) is 0 Å². The lowest BCUT2D eigenvalue weighted by molar-refractivity contribution is 1.21. The molecule has 0 aliphatic rings. The van der Waals surface area contributed by atoms with Crippen LogP contribution < -0.4 is 0 Å². The highest BCUT2D eigenvalue weighted by Crippen LogP contribution is 2.39. The first-order valence-electron chi connectivity index (χ1n) is 4.85. The Morgan fingerprint density at radius 1 is 1.07 bits per heavy atom. The number of hydrogen-bond donors (Lipinski definition) is 0. The van der Waals surface area contributed by atoms with Crippen LogP contribution in [0.2, 0.25) is 0 Å². The van der Waals surface area contributed by atoms with E-state index in [0.29, 0.717) is 4.83 Å². The summed E-state index contributed by atoms with van der Waals surface area (Å²) in [6.07, 6.45) is 0. The normalized spacial score (nSPS) is 13.1. The van der Waals surface area contributed by atoms with E-state index in [1.165, 1.54) is 25.1 Å². The van der Waals surface area contributed by atoms with E-state index in [1.54, 1.807) is 0 Å². The zero-order valence-electron chi connectivity index (χ0n) is 9.00. The van der Waals surface area contributed by atoms with E-state index in [1.807, 2.05) is 22.7 Å². The summed E-state index contributed by atoms with van der Waals surface area (Å²) in [5, 5.41) is 0. The molecular formula is C12H13BrS2. The Bertz CT molecular complexity index is 468. The largest absolute Gasteiger partial charge is 0.146 e. The predicted molar refractivity (Wildman–Crippen MR) is 73.6 cm³/mol. The van der Waals surface area contributed by atoms with Crippen molar-refractivity contribution < 1.29 is 0 Å². The fourth-order valence-electron chi connectivity index (χ4n) is 1.65. The maximum atomic E-state index is 3.79. The van der Waals surface area contributed by atoms with E-state index in [9.17, 15) is 0 Å². The van der Waals surface area contributed by atoms with Crippen LogP contribution in [0.4, 0.5) is 0 Å². The van der Waals surface area contributed by atoms with Crippen LogP contribution in [0.5, 0.6) is 0 Å². The minimum atomic E-state index is 0.362. The molecule has 80 valence electrons. The lowest BCUT2D eigenvalue weighted by Crippen LogP contribution is -1.88. The first kappa shape index (κ1) is 11.4. The Morgan fingerprint density at radius 3 is 2.27 bits per heavy atom. The Kier molecular flexibility index (Phi) is 3.33. The molecule has 0 fully saturated rings. The summed E-state index contributed by atoms with van der Waals surface area (Å²) in [5.74, 6) is 0. The second kappa shape index (κ2) is 4.40. The lowest BCUT2D eigenvalue weighted by Gasteiger charge is -2.06. The summed E-state index contributed by atoms with van der Waals surface area (Å²) in [7, 11) is 0. The van der Waals surface area contributed by atoms with Crippen molar-refractivity contribution in [1.29, 1.82) is 0 Å². The molecular weight excluding hydrogens is 288 g/mol. The molecule has 15 heavy (non-hydrogen) atoms. The topological polar surface area (TPSA) is 0 Å². The van der Waals surface area contributed by atoms with Crippen molar-refractivity contribution in [3.05, 3.63) is 43.3 Å². The predicted octanol–water partition coefficient (Wildman–Crippen LogP) is 5.22. The summed E-state index contributed by atoms with van der Waals surface area (Å²) >= 11 is 7.53. The number of thiophene rings is 2. The van der Waals surface area contributed by atoms with Gasteiger partial charge in [-0.05, 0) is 44.5 Å². The minimum absolute atomic E-state index is 0.362. The molecule has 0 aromatic carbocycles. The van der Waals surface area contributed by atoms with E-state index in [4.69, 9.17) is 0 Å². The van der Waals surface area contributed by atoms with Crippen molar-refractivity contribution in [3.8, 4) is 0 Å². The van der Waals surface area contributed by atoms with Gasteiger partial charge in [0.05, 0.1) is 4.83 Å². The lowest BCUT2D eigenvalue weighted by atomic mass is 10.1. The van der Waals surface area contributed by atoms with Gasteiger partial charge in [-0.3, -0.25) is 0 Å². The van der Waals surface area contributed by atoms with Gasteiger partial charge in [0.25, 0.3) is 0 Å². The van der Waals surface area contributed by atoms with Crippen molar-refractivity contribution in [2.45, 2.75) is 25.6 Å². The van der Waals surface area contributed by atoms with Crippen LogP contribution in [0, 0.1) is 20.8 Å². The second-order valence-corrected chi connectivity index (χ2v) is 7.38. The van der Waals surface area contributed by atoms with Crippen LogP contribution in [0.3, 0.4) is 0 Å². The van der Waals surface area contributed by atoms with Crippen LogP contribution in [-0.4, -0.2) is 0 Å². The van der Waals surface area contributed by atoms with E-state index in [0.717, 1.165) is 0 Å². The third-order valence-corrected chi connectivity index (χ3v) is 5.70. The molecule has 0 amide bonds. The molecule has 1 unspecified atom stereocenters. The molecule has 0 aliphatic carbocycles. The van der Waals surface area contributed by atoms with Gasteiger partial charge >= 0.3 is 0 Å². The standard InChI is InChI=1S/C12H13BrS2/c1-7-4-5-11(15-7)12(13)10-6-8(2)14-9(10)3/h4-6,12H,1-3H3. The number of rotatable bonds is 2. The molecule has 3 heteroatoms. The molecule has 2 aromatic heterocycles. The minimum Gasteiger partial charge on any atom is -0.146 e.